The number of urea groups is 1. The van der Waals surface area contributed by atoms with Crippen molar-refractivity contribution in [2.24, 2.45) is 0 Å². The Labute approximate surface area is 175 Å². The van der Waals surface area contributed by atoms with Crippen LogP contribution in [-0.4, -0.2) is 66.8 Å². The second-order valence-corrected chi connectivity index (χ2v) is 8.10. The first-order valence-electron chi connectivity index (χ1n) is 9.93. The SMILES string of the molecule is O=C(CCNC(=O)N1CCSc2ncccc21)N1CCN(c2ccccc2)CC1. The lowest BCUT2D eigenvalue weighted by atomic mass is 10.2. The van der Waals surface area contributed by atoms with Crippen molar-refractivity contribution < 1.29 is 9.59 Å². The Hall–Kier alpha value is -2.74. The molecule has 3 amide bonds. The van der Waals surface area contributed by atoms with Crippen LogP contribution in [0.25, 0.3) is 0 Å². The van der Waals surface area contributed by atoms with E-state index in [0.29, 0.717) is 32.6 Å². The molecule has 7 nitrogen and oxygen atoms in total. The van der Waals surface area contributed by atoms with Gasteiger partial charge in [-0.1, -0.05) is 18.2 Å². The summed E-state index contributed by atoms with van der Waals surface area (Å²) in [5, 5.41) is 3.77. The molecule has 0 atom stereocenters. The third kappa shape index (κ3) is 4.64. The number of fused-ring (bicyclic) bond motifs is 1. The van der Waals surface area contributed by atoms with Crippen LogP contribution in [0.3, 0.4) is 0 Å². The lowest BCUT2D eigenvalue weighted by Crippen LogP contribution is -2.49. The van der Waals surface area contributed by atoms with E-state index in [1.54, 1.807) is 22.9 Å². The second-order valence-electron chi connectivity index (χ2n) is 7.01. The fourth-order valence-corrected chi connectivity index (χ4v) is 4.58. The Bertz CT molecular complexity index is 855. The molecule has 8 heteroatoms. The average Bonchev–Trinajstić information content (AvgIpc) is 2.79. The van der Waals surface area contributed by atoms with Crippen molar-refractivity contribution >= 4 is 35.1 Å². The van der Waals surface area contributed by atoms with Crippen molar-refractivity contribution in [3.8, 4) is 0 Å². The molecule has 0 spiro atoms. The molecule has 0 unspecified atom stereocenters. The van der Waals surface area contributed by atoms with Crippen LogP contribution in [0.15, 0.2) is 53.7 Å². The van der Waals surface area contributed by atoms with Gasteiger partial charge >= 0.3 is 6.03 Å². The smallest absolute Gasteiger partial charge is 0.322 e. The topological polar surface area (TPSA) is 68.8 Å². The van der Waals surface area contributed by atoms with Gasteiger partial charge in [0.25, 0.3) is 0 Å². The normalized spacial score (nSPS) is 16.3. The standard InChI is InChI=1S/C21H25N5O2S/c27-19(25-13-11-24(12-14-25)17-5-2-1-3-6-17)8-10-23-21(28)26-15-16-29-20-18(26)7-4-9-22-20/h1-7,9H,8,10-16H2,(H,23,28). The van der Waals surface area contributed by atoms with Crippen LogP contribution in [-0.2, 0) is 4.79 Å². The van der Waals surface area contributed by atoms with E-state index in [2.05, 4.69) is 27.3 Å². The first kappa shape index (κ1) is 19.6. The fraction of sp³-hybridized carbons (Fsp3) is 0.381. The van der Waals surface area contributed by atoms with Gasteiger partial charge in [0.15, 0.2) is 0 Å². The maximum Gasteiger partial charge on any atom is 0.322 e. The molecule has 1 N–H and O–H groups in total. The average molecular weight is 412 g/mol. The van der Waals surface area contributed by atoms with Gasteiger partial charge < -0.3 is 15.1 Å². The van der Waals surface area contributed by atoms with Gasteiger partial charge in [-0.25, -0.2) is 9.78 Å². The van der Waals surface area contributed by atoms with Gasteiger partial charge in [0, 0.05) is 63.3 Å². The number of nitrogens with zero attached hydrogens (tertiary/aromatic N) is 4. The van der Waals surface area contributed by atoms with Crippen LogP contribution in [0.5, 0.6) is 0 Å². The summed E-state index contributed by atoms with van der Waals surface area (Å²) in [6.07, 6.45) is 2.06. The van der Waals surface area contributed by atoms with Crippen LogP contribution in [0.2, 0.25) is 0 Å². The number of amides is 3. The van der Waals surface area contributed by atoms with Crippen LogP contribution in [0, 0.1) is 0 Å². The quantitative estimate of drug-likeness (QED) is 0.837. The summed E-state index contributed by atoms with van der Waals surface area (Å²) >= 11 is 1.66. The van der Waals surface area contributed by atoms with Gasteiger partial charge in [-0.15, -0.1) is 11.8 Å². The number of benzene rings is 1. The van der Waals surface area contributed by atoms with Gasteiger partial charge in [-0.3, -0.25) is 9.69 Å². The molecule has 0 radical (unpaired) electrons. The molecule has 1 aromatic heterocycles. The molecule has 1 aromatic carbocycles. The van der Waals surface area contributed by atoms with Gasteiger partial charge in [0.1, 0.15) is 5.03 Å². The van der Waals surface area contributed by atoms with E-state index in [1.807, 2.05) is 35.2 Å². The minimum atomic E-state index is -0.166. The zero-order valence-electron chi connectivity index (χ0n) is 16.3. The molecular weight excluding hydrogens is 386 g/mol. The van der Waals surface area contributed by atoms with Crippen molar-refractivity contribution in [2.75, 3.05) is 54.8 Å². The number of piperazine rings is 1. The Morgan fingerprint density at radius 1 is 1.00 bits per heavy atom. The lowest BCUT2D eigenvalue weighted by molar-refractivity contribution is -0.131. The third-order valence-corrected chi connectivity index (χ3v) is 6.18. The number of para-hydroxylation sites is 1. The molecule has 1 fully saturated rings. The predicted octanol–water partition coefficient (Wildman–Crippen LogP) is 2.44. The summed E-state index contributed by atoms with van der Waals surface area (Å²) in [4.78, 5) is 35.3. The number of hydrogen-bond acceptors (Lipinski definition) is 5. The Balaban J connectivity index is 1.22. The van der Waals surface area contributed by atoms with E-state index in [1.165, 1.54) is 5.69 Å². The highest BCUT2D eigenvalue weighted by Gasteiger charge is 2.24. The molecule has 0 saturated carbocycles. The highest BCUT2D eigenvalue weighted by atomic mass is 32.2. The summed E-state index contributed by atoms with van der Waals surface area (Å²) in [5.41, 5.74) is 2.03. The minimum absolute atomic E-state index is 0.0919. The van der Waals surface area contributed by atoms with E-state index in [9.17, 15) is 9.59 Å². The van der Waals surface area contributed by atoms with Crippen molar-refractivity contribution in [2.45, 2.75) is 11.4 Å². The number of thioether (sulfide) groups is 1. The molecule has 152 valence electrons. The molecular formula is C21H25N5O2S. The molecule has 2 aliphatic heterocycles. The number of aromatic nitrogens is 1. The number of anilines is 2. The molecule has 29 heavy (non-hydrogen) atoms. The highest BCUT2D eigenvalue weighted by molar-refractivity contribution is 7.99. The van der Waals surface area contributed by atoms with Crippen LogP contribution in [0.4, 0.5) is 16.2 Å². The molecule has 2 aliphatic rings. The zero-order chi connectivity index (χ0) is 20.1. The van der Waals surface area contributed by atoms with E-state index in [-0.39, 0.29) is 11.9 Å². The number of hydrogen-bond donors (Lipinski definition) is 1. The van der Waals surface area contributed by atoms with Gasteiger partial charge in [0.2, 0.25) is 5.91 Å². The maximum atomic E-state index is 12.6. The van der Waals surface area contributed by atoms with Crippen molar-refractivity contribution in [3.05, 3.63) is 48.7 Å². The van der Waals surface area contributed by atoms with Crippen molar-refractivity contribution in [3.63, 3.8) is 0 Å². The largest absolute Gasteiger partial charge is 0.368 e. The molecule has 2 aromatic rings. The molecule has 0 bridgehead atoms. The van der Waals surface area contributed by atoms with E-state index in [4.69, 9.17) is 0 Å². The van der Waals surface area contributed by atoms with E-state index < -0.39 is 0 Å². The predicted molar refractivity (Wildman–Crippen MR) is 116 cm³/mol. The molecule has 4 rings (SSSR count). The Morgan fingerprint density at radius 3 is 2.59 bits per heavy atom. The van der Waals surface area contributed by atoms with Crippen molar-refractivity contribution in [1.82, 2.24) is 15.2 Å². The molecule has 3 heterocycles. The summed E-state index contributed by atoms with van der Waals surface area (Å²) in [6, 6.07) is 13.8. The first-order chi connectivity index (χ1) is 14.2. The van der Waals surface area contributed by atoms with Crippen LogP contribution >= 0.6 is 11.8 Å². The number of carbonyl (C=O) groups excluding carboxylic acids is 2. The van der Waals surface area contributed by atoms with E-state index in [0.717, 1.165) is 29.6 Å². The van der Waals surface area contributed by atoms with Crippen LogP contribution in [0.1, 0.15) is 6.42 Å². The monoisotopic (exact) mass is 411 g/mol. The lowest BCUT2D eigenvalue weighted by Gasteiger charge is -2.36. The number of carbonyl (C=O) groups is 2. The Morgan fingerprint density at radius 2 is 1.79 bits per heavy atom. The fourth-order valence-electron chi connectivity index (χ4n) is 3.65. The molecule has 0 aliphatic carbocycles. The van der Waals surface area contributed by atoms with Gasteiger partial charge in [-0.2, -0.15) is 0 Å². The summed E-state index contributed by atoms with van der Waals surface area (Å²) in [5.74, 6) is 0.913. The van der Waals surface area contributed by atoms with Crippen LogP contribution < -0.4 is 15.1 Å². The second kappa shape index (κ2) is 9.17. The minimum Gasteiger partial charge on any atom is -0.368 e. The summed E-state index contributed by atoms with van der Waals surface area (Å²) < 4.78 is 0. The zero-order valence-corrected chi connectivity index (χ0v) is 17.1. The van der Waals surface area contributed by atoms with Gasteiger partial charge in [0.05, 0.1) is 5.69 Å². The first-order valence-corrected chi connectivity index (χ1v) is 10.9. The van der Waals surface area contributed by atoms with E-state index >= 15 is 0 Å². The number of nitrogens with one attached hydrogen (secondary N) is 1. The van der Waals surface area contributed by atoms with Crippen molar-refractivity contribution in [1.29, 1.82) is 0 Å². The summed E-state index contributed by atoms with van der Waals surface area (Å²) in [7, 11) is 0. The Kier molecular flexibility index (Phi) is 6.19. The number of rotatable bonds is 4. The van der Waals surface area contributed by atoms with Gasteiger partial charge in [-0.05, 0) is 24.3 Å². The molecule has 1 saturated heterocycles. The maximum absolute atomic E-state index is 12.6. The highest BCUT2D eigenvalue weighted by Crippen LogP contribution is 2.32. The third-order valence-electron chi connectivity index (χ3n) is 5.21. The number of pyridine rings is 1. The summed E-state index contributed by atoms with van der Waals surface area (Å²) in [6.45, 7) is 4.07.